The second-order valence-electron chi connectivity index (χ2n) is 3.78. The first kappa shape index (κ1) is 15.8. The quantitative estimate of drug-likeness (QED) is 0.592. The molecular weight excluding hydrogens is 284 g/mol. The number of urea groups is 1. The number of hydrogen-bond acceptors (Lipinski definition) is 4. The predicted molar refractivity (Wildman–Crippen MR) is 75.8 cm³/mol. The molecule has 0 bridgehead atoms. The first-order valence-electron chi connectivity index (χ1n) is 5.59. The Morgan fingerprint density at radius 3 is 2.10 bits per heavy atom. The summed E-state index contributed by atoms with van der Waals surface area (Å²) >= 11 is 1.56. The van der Waals surface area contributed by atoms with Gasteiger partial charge in [-0.15, -0.1) is 0 Å². The number of hydrogen-bond donors (Lipinski definition) is 4. The maximum Gasteiger partial charge on any atom is 0.335 e. The lowest BCUT2D eigenvalue weighted by Crippen LogP contribution is -2.30. The Bertz CT molecular complexity index is 500. The number of nitrogens with one attached hydrogen (secondary N) is 2. The number of carboxylic acid groups (broad SMARTS) is 2. The summed E-state index contributed by atoms with van der Waals surface area (Å²) in [5.41, 5.74) is -0.294. The Labute approximate surface area is 119 Å². The second-order valence-corrected chi connectivity index (χ2v) is 4.77. The van der Waals surface area contributed by atoms with Gasteiger partial charge in [0, 0.05) is 18.0 Å². The number of carbonyl (C=O) groups excluding carboxylic acids is 1. The maximum absolute atomic E-state index is 11.5. The van der Waals surface area contributed by atoms with Crippen LogP contribution in [0, 0.1) is 0 Å². The lowest BCUT2D eigenvalue weighted by Gasteiger charge is -2.09. The van der Waals surface area contributed by atoms with Gasteiger partial charge in [0.15, 0.2) is 0 Å². The van der Waals surface area contributed by atoms with Gasteiger partial charge in [-0.1, -0.05) is 0 Å². The van der Waals surface area contributed by atoms with Gasteiger partial charge >= 0.3 is 18.0 Å². The van der Waals surface area contributed by atoms with Crippen LogP contribution in [0.15, 0.2) is 18.2 Å². The molecule has 1 aromatic rings. The van der Waals surface area contributed by atoms with Crippen LogP contribution in [0.3, 0.4) is 0 Å². The van der Waals surface area contributed by atoms with Crippen LogP contribution in [0.25, 0.3) is 0 Å². The standard InChI is InChI=1S/C12H14N2O5S/c1-20-3-2-13-12(19)14-9-5-7(10(15)16)4-8(6-9)11(17)18/h4-6H,2-3H2,1H3,(H,15,16)(H,17,18)(H2,13,14,19). The lowest BCUT2D eigenvalue weighted by atomic mass is 10.1. The predicted octanol–water partition coefficient (Wildman–Crippen LogP) is 1.57. The smallest absolute Gasteiger partial charge is 0.335 e. The third kappa shape index (κ3) is 4.81. The van der Waals surface area contributed by atoms with E-state index in [2.05, 4.69) is 10.6 Å². The Morgan fingerprint density at radius 2 is 1.65 bits per heavy atom. The van der Waals surface area contributed by atoms with Crippen LogP contribution >= 0.6 is 11.8 Å². The monoisotopic (exact) mass is 298 g/mol. The fourth-order valence-electron chi connectivity index (χ4n) is 1.39. The summed E-state index contributed by atoms with van der Waals surface area (Å²) < 4.78 is 0. The van der Waals surface area contributed by atoms with Gasteiger partial charge < -0.3 is 20.8 Å². The molecule has 0 aromatic heterocycles. The van der Waals surface area contributed by atoms with Crippen molar-refractivity contribution in [2.75, 3.05) is 23.9 Å². The highest BCUT2D eigenvalue weighted by atomic mass is 32.2. The van der Waals surface area contributed by atoms with Crippen molar-refractivity contribution in [2.24, 2.45) is 0 Å². The summed E-state index contributed by atoms with van der Waals surface area (Å²) in [6.45, 7) is 0.456. The van der Waals surface area contributed by atoms with Gasteiger partial charge in [0.05, 0.1) is 11.1 Å². The minimum atomic E-state index is -1.26. The van der Waals surface area contributed by atoms with E-state index in [0.717, 1.165) is 11.8 Å². The number of benzene rings is 1. The molecule has 8 heteroatoms. The molecule has 4 N–H and O–H groups in total. The lowest BCUT2D eigenvalue weighted by molar-refractivity contribution is 0.0696. The summed E-state index contributed by atoms with van der Waals surface area (Å²) in [6, 6.07) is 2.91. The van der Waals surface area contributed by atoms with E-state index in [4.69, 9.17) is 10.2 Å². The van der Waals surface area contributed by atoms with Crippen LogP contribution in [0.5, 0.6) is 0 Å². The average Bonchev–Trinajstić information content (AvgIpc) is 2.38. The zero-order valence-electron chi connectivity index (χ0n) is 10.7. The molecule has 0 fully saturated rings. The third-order valence-electron chi connectivity index (χ3n) is 2.28. The van der Waals surface area contributed by atoms with E-state index >= 15 is 0 Å². The molecule has 0 aliphatic carbocycles. The van der Waals surface area contributed by atoms with Gasteiger partial charge in [-0.3, -0.25) is 0 Å². The van der Waals surface area contributed by atoms with Crippen molar-refractivity contribution in [3.63, 3.8) is 0 Å². The van der Waals surface area contributed by atoms with Crippen molar-refractivity contribution in [3.8, 4) is 0 Å². The zero-order chi connectivity index (χ0) is 15.1. The number of carbonyl (C=O) groups is 3. The van der Waals surface area contributed by atoms with E-state index in [0.29, 0.717) is 6.54 Å². The SMILES string of the molecule is CSCCNC(=O)Nc1cc(C(=O)O)cc(C(=O)O)c1. The molecule has 1 aromatic carbocycles. The first-order chi connectivity index (χ1) is 9.43. The van der Waals surface area contributed by atoms with Crippen molar-refractivity contribution in [2.45, 2.75) is 0 Å². The van der Waals surface area contributed by atoms with Crippen molar-refractivity contribution < 1.29 is 24.6 Å². The van der Waals surface area contributed by atoms with Gasteiger partial charge in [-0.2, -0.15) is 11.8 Å². The highest BCUT2D eigenvalue weighted by molar-refractivity contribution is 7.98. The first-order valence-corrected chi connectivity index (χ1v) is 6.99. The maximum atomic E-state index is 11.5. The summed E-state index contributed by atoms with van der Waals surface area (Å²) in [5.74, 6) is -1.79. The van der Waals surface area contributed by atoms with E-state index in [9.17, 15) is 14.4 Å². The average molecular weight is 298 g/mol. The van der Waals surface area contributed by atoms with Crippen LogP contribution < -0.4 is 10.6 Å². The van der Waals surface area contributed by atoms with Crippen LogP contribution in [-0.4, -0.2) is 46.7 Å². The molecule has 2 amide bonds. The molecule has 0 aliphatic heterocycles. The van der Waals surface area contributed by atoms with E-state index in [1.54, 1.807) is 11.8 Å². The fraction of sp³-hybridized carbons (Fsp3) is 0.250. The highest BCUT2D eigenvalue weighted by Gasteiger charge is 2.12. The number of amides is 2. The molecule has 0 unspecified atom stereocenters. The number of anilines is 1. The molecule has 20 heavy (non-hydrogen) atoms. The normalized spacial score (nSPS) is 9.85. The van der Waals surface area contributed by atoms with Crippen molar-refractivity contribution in [3.05, 3.63) is 29.3 Å². The third-order valence-corrected chi connectivity index (χ3v) is 2.89. The molecule has 0 spiro atoms. The molecule has 0 saturated heterocycles. The molecule has 7 nitrogen and oxygen atoms in total. The van der Waals surface area contributed by atoms with Gasteiger partial charge in [-0.05, 0) is 24.5 Å². The number of aromatic carboxylic acids is 2. The zero-order valence-corrected chi connectivity index (χ0v) is 11.5. The fourth-order valence-corrected chi connectivity index (χ4v) is 1.69. The molecule has 0 radical (unpaired) electrons. The molecule has 0 aliphatic rings. The van der Waals surface area contributed by atoms with Crippen molar-refractivity contribution >= 4 is 35.4 Å². The van der Waals surface area contributed by atoms with Crippen molar-refractivity contribution in [1.29, 1.82) is 0 Å². The Hall–Kier alpha value is -2.22. The molecule has 108 valence electrons. The molecule has 0 heterocycles. The Morgan fingerprint density at radius 1 is 1.10 bits per heavy atom. The highest BCUT2D eigenvalue weighted by Crippen LogP contribution is 2.15. The molecular formula is C12H14N2O5S. The van der Waals surface area contributed by atoms with E-state index < -0.39 is 18.0 Å². The summed E-state index contributed by atoms with van der Waals surface area (Å²) in [5, 5.41) is 22.8. The number of rotatable bonds is 6. The van der Waals surface area contributed by atoms with E-state index in [1.807, 2.05) is 6.26 Å². The second kappa shape index (κ2) is 7.39. The van der Waals surface area contributed by atoms with Gasteiger partial charge in [0.25, 0.3) is 0 Å². The van der Waals surface area contributed by atoms with Crippen LogP contribution in [0.1, 0.15) is 20.7 Å². The minimum Gasteiger partial charge on any atom is -0.478 e. The van der Waals surface area contributed by atoms with Crippen LogP contribution in [-0.2, 0) is 0 Å². The minimum absolute atomic E-state index is 0.115. The topological polar surface area (TPSA) is 116 Å². The molecule has 1 rings (SSSR count). The van der Waals surface area contributed by atoms with E-state index in [-0.39, 0.29) is 16.8 Å². The molecule has 0 saturated carbocycles. The summed E-state index contributed by atoms with van der Waals surface area (Å²) in [6.07, 6.45) is 1.90. The number of thioether (sulfide) groups is 1. The molecule has 0 atom stereocenters. The summed E-state index contributed by atoms with van der Waals surface area (Å²) in [4.78, 5) is 33.3. The van der Waals surface area contributed by atoms with Gasteiger partial charge in [0.1, 0.15) is 0 Å². The van der Waals surface area contributed by atoms with Crippen molar-refractivity contribution in [1.82, 2.24) is 5.32 Å². The Kier molecular flexibility index (Phi) is 5.85. The summed E-state index contributed by atoms with van der Waals surface area (Å²) in [7, 11) is 0. The number of carboxylic acids is 2. The van der Waals surface area contributed by atoms with Crippen LogP contribution in [0.4, 0.5) is 10.5 Å². The van der Waals surface area contributed by atoms with E-state index in [1.165, 1.54) is 12.1 Å². The van der Waals surface area contributed by atoms with Gasteiger partial charge in [0.2, 0.25) is 0 Å². The largest absolute Gasteiger partial charge is 0.478 e. The van der Waals surface area contributed by atoms with Crippen LogP contribution in [0.2, 0.25) is 0 Å². The van der Waals surface area contributed by atoms with Gasteiger partial charge in [-0.25, -0.2) is 14.4 Å². The Balaban J connectivity index is 2.86.